The van der Waals surface area contributed by atoms with E-state index < -0.39 is 4.92 Å². The van der Waals surface area contributed by atoms with Gasteiger partial charge in [0.15, 0.2) is 0 Å². The summed E-state index contributed by atoms with van der Waals surface area (Å²) in [6.45, 7) is 2.45. The van der Waals surface area contributed by atoms with Crippen molar-refractivity contribution in [3.63, 3.8) is 0 Å². The van der Waals surface area contributed by atoms with Crippen molar-refractivity contribution in [2.24, 2.45) is 0 Å². The van der Waals surface area contributed by atoms with Crippen LogP contribution in [0, 0.1) is 17.0 Å². The molecule has 5 nitrogen and oxygen atoms in total. The lowest BCUT2D eigenvalue weighted by Crippen LogP contribution is -2.08. The summed E-state index contributed by atoms with van der Waals surface area (Å²) in [4.78, 5) is 14.6. The third-order valence-electron chi connectivity index (χ3n) is 2.50. The zero-order valence-corrected chi connectivity index (χ0v) is 10.7. The zero-order chi connectivity index (χ0) is 13.0. The molecule has 0 aliphatic rings. The lowest BCUT2D eigenvalue weighted by Gasteiger charge is -2.06. The lowest BCUT2D eigenvalue weighted by atomic mass is 10.2. The Morgan fingerprint density at radius 2 is 2.28 bits per heavy atom. The molecule has 0 amide bonds. The highest BCUT2D eigenvalue weighted by Crippen LogP contribution is 2.21. The van der Waals surface area contributed by atoms with Crippen LogP contribution >= 0.6 is 11.3 Å². The molecule has 0 fully saturated rings. The van der Waals surface area contributed by atoms with Crippen LogP contribution in [-0.4, -0.2) is 16.5 Å². The van der Waals surface area contributed by atoms with E-state index in [9.17, 15) is 10.1 Å². The zero-order valence-electron chi connectivity index (χ0n) is 9.92. The number of nitrogens with zero attached hydrogens (tertiary/aromatic N) is 2. The summed E-state index contributed by atoms with van der Waals surface area (Å²) < 4.78 is 0. The minimum Gasteiger partial charge on any atom is -0.364 e. The van der Waals surface area contributed by atoms with E-state index in [1.165, 1.54) is 11.6 Å². The van der Waals surface area contributed by atoms with Crippen LogP contribution in [0.4, 0.5) is 11.5 Å². The van der Waals surface area contributed by atoms with Crippen LogP contribution in [0.2, 0.25) is 0 Å². The minimum absolute atomic E-state index is 0.0194. The normalized spacial score (nSPS) is 10.3. The topological polar surface area (TPSA) is 68.1 Å². The van der Waals surface area contributed by atoms with Crippen LogP contribution < -0.4 is 5.32 Å². The Kier molecular flexibility index (Phi) is 3.88. The van der Waals surface area contributed by atoms with Crippen molar-refractivity contribution in [1.82, 2.24) is 4.98 Å². The first-order valence-electron chi connectivity index (χ1n) is 5.54. The third kappa shape index (κ3) is 3.04. The summed E-state index contributed by atoms with van der Waals surface area (Å²) in [5.74, 6) is 0.343. The van der Waals surface area contributed by atoms with Gasteiger partial charge in [-0.05, 0) is 41.8 Å². The summed E-state index contributed by atoms with van der Waals surface area (Å²) >= 11 is 1.64. The van der Waals surface area contributed by atoms with Gasteiger partial charge in [-0.1, -0.05) is 0 Å². The Hall–Kier alpha value is -1.95. The molecule has 2 aromatic rings. The largest absolute Gasteiger partial charge is 0.364 e. The molecule has 0 unspecified atom stereocenters. The molecule has 18 heavy (non-hydrogen) atoms. The SMILES string of the molecule is Cc1ccc([N+](=O)[O-])c(NCCc2ccsc2)n1. The molecular formula is C12H13N3O2S. The average Bonchev–Trinajstić information content (AvgIpc) is 2.82. The Morgan fingerprint density at radius 3 is 2.94 bits per heavy atom. The molecule has 0 spiro atoms. The number of pyridine rings is 1. The Balaban J connectivity index is 2.03. The molecule has 0 aliphatic carbocycles. The molecule has 0 saturated carbocycles. The van der Waals surface area contributed by atoms with Crippen molar-refractivity contribution in [1.29, 1.82) is 0 Å². The van der Waals surface area contributed by atoms with Gasteiger partial charge in [-0.3, -0.25) is 10.1 Å². The maximum Gasteiger partial charge on any atom is 0.311 e. The lowest BCUT2D eigenvalue weighted by molar-refractivity contribution is -0.384. The van der Waals surface area contributed by atoms with Crippen molar-refractivity contribution in [2.75, 3.05) is 11.9 Å². The van der Waals surface area contributed by atoms with Gasteiger partial charge in [-0.15, -0.1) is 0 Å². The van der Waals surface area contributed by atoms with E-state index >= 15 is 0 Å². The maximum absolute atomic E-state index is 10.9. The average molecular weight is 263 g/mol. The highest BCUT2D eigenvalue weighted by molar-refractivity contribution is 7.07. The van der Waals surface area contributed by atoms with Gasteiger partial charge in [-0.25, -0.2) is 4.98 Å². The van der Waals surface area contributed by atoms with E-state index in [2.05, 4.69) is 15.7 Å². The van der Waals surface area contributed by atoms with E-state index in [0.717, 1.165) is 12.1 Å². The van der Waals surface area contributed by atoms with Crippen LogP contribution in [0.25, 0.3) is 0 Å². The molecule has 0 saturated heterocycles. The van der Waals surface area contributed by atoms with Gasteiger partial charge < -0.3 is 5.32 Å². The highest BCUT2D eigenvalue weighted by atomic mass is 32.1. The Morgan fingerprint density at radius 1 is 1.44 bits per heavy atom. The van der Waals surface area contributed by atoms with E-state index in [-0.39, 0.29) is 5.69 Å². The van der Waals surface area contributed by atoms with E-state index in [1.807, 2.05) is 18.4 Å². The fourth-order valence-corrected chi connectivity index (χ4v) is 2.29. The molecule has 0 aliphatic heterocycles. The Bertz CT molecular complexity index is 540. The van der Waals surface area contributed by atoms with Gasteiger partial charge >= 0.3 is 5.69 Å². The van der Waals surface area contributed by atoms with Crippen LogP contribution in [0.5, 0.6) is 0 Å². The van der Waals surface area contributed by atoms with Crippen LogP contribution in [0.1, 0.15) is 11.3 Å². The number of aryl methyl sites for hydroxylation is 1. The number of rotatable bonds is 5. The van der Waals surface area contributed by atoms with Crippen LogP contribution in [0.3, 0.4) is 0 Å². The highest BCUT2D eigenvalue weighted by Gasteiger charge is 2.14. The number of thiophene rings is 1. The Labute approximate surface area is 109 Å². The van der Waals surface area contributed by atoms with E-state index in [4.69, 9.17) is 0 Å². The van der Waals surface area contributed by atoms with Gasteiger partial charge in [0.2, 0.25) is 5.82 Å². The van der Waals surface area contributed by atoms with Crippen molar-refractivity contribution in [2.45, 2.75) is 13.3 Å². The molecule has 94 valence electrons. The first-order chi connectivity index (χ1) is 8.66. The number of anilines is 1. The minimum atomic E-state index is -0.417. The summed E-state index contributed by atoms with van der Waals surface area (Å²) in [6, 6.07) is 5.17. The first kappa shape index (κ1) is 12.5. The smallest absolute Gasteiger partial charge is 0.311 e. The fraction of sp³-hybridized carbons (Fsp3) is 0.250. The summed E-state index contributed by atoms with van der Waals surface area (Å²) in [5.41, 5.74) is 2.01. The van der Waals surface area contributed by atoms with Crippen molar-refractivity contribution < 1.29 is 4.92 Å². The predicted octanol–water partition coefficient (Wildman–Crippen LogP) is 3.01. The monoisotopic (exact) mass is 263 g/mol. The molecule has 0 bridgehead atoms. The molecule has 2 rings (SSSR count). The molecule has 0 radical (unpaired) electrons. The van der Waals surface area contributed by atoms with Gasteiger partial charge in [0, 0.05) is 18.3 Å². The van der Waals surface area contributed by atoms with Gasteiger partial charge in [0.05, 0.1) is 4.92 Å². The predicted molar refractivity (Wildman–Crippen MR) is 72.1 cm³/mol. The molecule has 1 N–H and O–H groups in total. The second-order valence-corrected chi connectivity index (χ2v) is 4.67. The quantitative estimate of drug-likeness (QED) is 0.665. The molecular weight excluding hydrogens is 250 g/mol. The number of nitro groups is 1. The van der Waals surface area contributed by atoms with Gasteiger partial charge in [0.1, 0.15) is 0 Å². The van der Waals surface area contributed by atoms with E-state index in [0.29, 0.717) is 12.4 Å². The van der Waals surface area contributed by atoms with Crippen molar-refractivity contribution in [3.8, 4) is 0 Å². The van der Waals surface area contributed by atoms with E-state index in [1.54, 1.807) is 17.4 Å². The second kappa shape index (κ2) is 5.59. The second-order valence-electron chi connectivity index (χ2n) is 3.89. The van der Waals surface area contributed by atoms with Gasteiger partial charge in [-0.2, -0.15) is 11.3 Å². The molecule has 2 aromatic heterocycles. The first-order valence-corrected chi connectivity index (χ1v) is 6.48. The molecule has 2 heterocycles. The fourth-order valence-electron chi connectivity index (χ4n) is 1.59. The van der Waals surface area contributed by atoms with Crippen molar-refractivity contribution in [3.05, 3.63) is 50.3 Å². The van der Waals surface area contributed by atoms with Crippen LogP contribution in [0.15, 0.2) is 29.0 Å². The van der Waals surface area contributed by atoms with Crippen LogP contribution in [-0.2, 0) is 6.42 Å². The number of hydrogen-bond donors (Lipinski definition) is 1. The maximum atomic E-state index is 10.9. The number of aromatic nitrogens is 1. The standard InChI is InChI=1S/C12H13N3O2S/c1-9-2-3-11(15(16)17)12(14-9)13-6-4-10-5-7-18-8-10/h2-3,5,7-8H,4,6H2,1H3,(H,13,14). The summed E-state index contributed by atoms with van der Waals surface area (Å²) in [7, 11) is 0. The third-order valence-corrected chi connectivity index (χ3v) is 3.23. The summed E-state index contributed by atoms with van der Waals surface area (Å²) in [6.07, 6.45) is 0.830. The van der Waals surface area contributed by atoms with Crippen molar-refractivity contribution >= 4 is 22.8 Å². The summed E-state index contributed by atoms with van der Waals surface area (Å²) in [5, 5.41) is 18.0. The molecule has 0 aromatic carbocycles. The molecule has 0 atom stereocenters. The van der Waals surface area contributed by atoms with Gasteiger partial charge in [0.25, 0.3) is 0 Å². The number of nitrogens with one attached hydrogen (secondary N) is 1. The number of hydrogen-bond acceptors (Lipinski definition) is 5. The molecule has 6 heteroatoms.